The zero-order chi connectivity index (χ0) is 14.1. The van der Waals surface area contributed by atoms with E-state index in [1.165, 1.54) is 6.55 Å². The van der Waals surface area contributed by atoms with Gasteiger partial charge in [-0.2, -0.15) is 0 Å². The number of rotatable bonds is 11. The predicted octanol–water partition coefficient (Wildman–Crippen LogP) is -0.321. The third kappa shape index (κ3) is 8.32. The third-order valence-corrected chi connectivity index (χ3v) is 7.29. The van der Waals surface area contributed by atoms with Crippen LogP contribution in [-0.4, -0.2) is 65.4 Å². The molecule has 0 aromatic rings. The van der Waals surface area contributed by atoms with Gasteiger partial charge in [-0.1, -0.05) is 0 Å². The van der Waals surface area contributed by atoms with Gasteiger partial charge in [0.25, 0.3) is 0 Å². The second-order valence-corrected chi connectivity index (χ2v) is 11.0. The van der Waals surface area contributed by atoms with E-state index in [1.807, 2.05) is 0 Å². The summed E-state index contributed by atoms with van der Waals surface area (Å²) in [5, 5.41) is 12.5. The highest BCUT2D eigenvalue weighted by molar-refractivity contribution is 6.67. The molecule has 0 unspecified atom stereocenters. The summed E-state index contributed by atoms with van der Waals surface area (Å²) < 4.78 is 10.6. The van der Waals surface area contributed by atoms with Crippen molar-refractivity contribution >= 4 is 17.1 Å². The van der Waals surface area contributed by atoms with Gasteiger partial charge in [-0.15, -0.1) is 0 Å². The molecule has 0 aromatic heterocycles. The van der Waals surface area contributed by atoms with Crippen LogP contribution >= 0.6 is 0 Å². The number of nitrogens with one attached hydrogen (secondary N) is 1. The average Bonchev–Trinajstić information content (AvgIpc) is 2.32. The number of aliphatic hydroxyl groups excluding tert-OH is 1. The Morgan fingerprint density at radius 2 is 1.50 bits per heavy atom. The summed E-state index contributed by atoms with van der Waals surface area (Å²) in [5.41, 5.74) is 0. The molecule has 0 bridgehead atoms. The molecule has 0 saturated carbocycles. The van der Waals surface area contributed by atoms with Crippen molar-refractivity contribution in [2.45, 2.75) is 31.5 Å². The van der Waals surface area contributed by atoms with Crippen LogP contribution in [0.2, 0.25) is 18.6 Å². The van der Waals surface area contributed by atoms with Crippen LogP contribution in [0.4, 0.5) is 0 Å². The van der Waals surface area contributed by atoms with Crippen LogP contribution in [0.3, 0.4) is 0 Å². The van der Waals surface area contributed by atoms with E-state index in [0.29, 0.717) is 6.04 Å². The van der Waals surface area contributed by atoms with Gasteiger partial charge in [0, 0.05) is 14.2 Å². The van der Waals surface area contributed by atoms with Gasteiger partial charge in [0.1, 0.15) is 0 Å². The lowest BCUT2D eigenvalue weighted by Gasteiger charge is -2.24. The van der Waals surface area contributed by atoms with Crippen molar-refractivity contribution in [3.05, 3.63) is 0 Å². The molecular formula is C10H27NO5Si2. The summed E-state index contributed by atoms with van der Waals surface area (Å²) in [6, 6.07) is 1.24. The summed E-state index contributed by atoms with van der Waals surface area (Å²) in [6.07, 6.45) is 1.62. The summed E-state index contributed by atoms with van der Waals surface area (Å²) in [4.78, 5) is 18.5. The van der Waals surface area contributed by atoms with Gasteiger partial charge in [-0.3, -0.25) is 0 Å². The zero-order valence-electron chi connectivity index (χ0n) is 11.6. The van der Waals surface area contributed by atoms with E-state index in [1.54, 1.807) is 14.2 Å². The first-order chi connectivity index (χ1) is 8.39. The summed E-state index contributed by atoms with van der Waals surface area (Å²) >= 11 is 0. The molecule has 0 aliphatic rings. The monoisotopic (exact) mass is 297 g/mol. The molecule has 0 aliphatic carbocycles. The molecule has 0 saturated heterocycles. The number of hydrogen-bond donors (Lipinski definition) is 4. The van der Waals surface area contributed by atoms with Crippen molar-refractivity contribution < 1.29 is 23.5 Å². The summed E-state index contributed by atoms with van der Waals surface area (Å²) in [6.45, 7) is 3.11. The van der Waals surface area contributed by atoms with Gasteiger partial charge < -0.3 is 28.9 Å². The van der Waals surface area contributed by atoms with Crippen LogP contribution in [0.25, 0.3) is 0 Å². The molecule has 0 atom stereocenters. The first-order valence-corrected chi connectivity index (χ1v) is 11.1. The average molecular weight is 298 g/mol. The fourth-order valence-electron chi connectivity index (χ4n) is 1.65. The molecule has 18 heavy (non-hydrogen) atoms. The van der Waals surface area contributed by atoms with Crippen LogP contribution < -0.4 is 5.32 Å². The fraction of sp³-hybridized carbons (Fsp3) is 1.00. The molecule has 4 N–H and O–H groups in total. The smallest absolute Gasteiger partial charge is 0.364 e. The van der Waals surface area contributed by atoms with Gasteiger partial charge in [-0.05, 0) is 44.6 Å². The number of aliphatic hydroxyl groups is 1. The first-order valence-electron chi connectivity index (χ1n) is 6.26. The largest absolute Gasteiger partial charge is 0.411 e. The van der Waals surface area contributed by atoms with Gasteiger partial charge in [-0.25, -0.2) is 0 Å². The standard InChI is InChI=1S/C10H27NO5Si2/c1-15-18(10-12,16-2)9-5-7-11-6-4-8-17(3,13)14/h11-14H,4-10H2,1-3H3. The Balaban J connectivity index is 3.56. The van der Waals surface area contributed by atoms with E-state index >= 15 is 0 Å². The highest BCUT2D eigenvalue weighted by Gasteiger charge is 2.33. The maximum atomic E-state index is 9.25. The van der Waals surface area contributed by atoms with E-state index in [-0.39, 0.29) is 6.23 Å². The second kappa shape index (κ2) is 9.15. The van der Waals surface area contributed by atoms with Crippen molar-refractivity contribution in [2.75, 3.05) is 33.5 Å². The van der Waals surface area contributed by atoms with Crippen molar-refractivity contribution in [2.24, 2.45) is 0 Å². The van der Waals surface area contributed by atoms with Crippen LogP contribution in [0.15, 0.2) is 0 Å². The Hall–Kier alpha value is 0.194. The Morgan fingerprint density at radius 1 is 1.00 bits per heavy atom. The van der Waals surface area contributed by atoms with Crippen molar-refractivity contribution in [3.63, 3.8) is 0 Å². The first kappa shape index (κ1) is 18.2. The van der Waals surface area contributed by atoms with Gasteiger partial charge >= 0.3 is 17.1 Å². The lowest BCUT2D eigenvalue weighted by Crippen LogP contribution is -2.45. The van der Waals surface area contributed by atoms with E-state index in [4.69, 9.17) is 8.85 Å². The second-order valence-electron chi connectivity index (χ2n) is 4.65. The van der Waals surface area contributed by atoms with Gasteiger partial charge in [0.05, 0.1) is 6.23 Å². The Bertz CT molecular complexity index is 201. The lowest BCUT2D eigenvalue weighted by molar-refractivity contribution is 0.196. The molecular weight excluding hydrogens is 270 g/mol. The lowest BCUT2D eigenvalue weighted by atomic mass is 10.4. The van der Waals surface area contributed by atoms with Crippen LogP contribution in [-0.2, 0) is 8.85 Å². The molecule has 0 fully saturated rings. The predicted molar refractivity (Wildman–Crippen MR) is 74.6 cm³/mol. The minimum atomic E-state index is -2.88. The fourth-order valence-corrected chi connectivity index (χ4v) is 4.20. The van der Waals surface area contributed by atoms with E-state index in [9.17, 15) is 14.7 Å². The molecule has 0 aliphatic heterocycles. The maximum Gasteiger partial charge on any atom is 0.364 e. The normalized spacial score (nSPS) is 13.0. The van der Waals surface area contributed by atoms with Gasteiger partial charge in [0.15, 0.2) is 0 Å². The molecule has 0 radical (unpaired) electrons. The molecule has 6 nitrogen and oxygen atoms in total. The van der Waals surface area contributed by atoms with Crippen molar-refractivity contribution in [1.29, 1.82) is 0 Å². The molecule has 8 heteroatoms. The van der Waals surface area contributed by atoms with Crippen LogP contribution in [0, 0.1) is 0 Å². The van der Waals surface area contributed by atoms with Crippen LogP contribution in [0.1, 0.15) is 12.8 Å². The minimum absolute atomic E-state index is 0.0288. The highest BCUT2D eigenvalue weighted by Crippen LogP contribution is 2.12. The maximum absolute atomic E-state index is 9.25. The van der Waals surface area contributed by atoms with Crippen LogP contribution in [0.5, 0.6) is 0 Å². The van der Waals surface area contributed by atoms with Crippen molar-refractivity contribution in [3.8, 4) is 0 Å². The number of hydrogen-bond acceptors (Lipinski definition) is 6. The Kier molecular flexibility index (Phi) is 9.25. The quantitative estimate of drug-likeness (QED) is 0.309. The molecule has 0 rings (SSSR count). The molecule has 0 aromatic carbocycles. The SMILES string of the molecule is CO[Si](CO)(CCCNCCC[Si](C)(O)O)OC. The zero-order valence-corrected chi connectivity index (χ0v) is 13.6. The topological polar surface area (TPSA) is 91.2 Å². The van der Waals surface area contributed by atoms with Crippen molar-refractivity contribution in [1.82, 2.24) is 5.32 Å². The summed E-state index contributed by atoms with van der Waals surface area (Å²) in [5.74, 6) is 0. The Morgan fingerprint density at radius 3 is 1.89 bits per heavy atom. The molecule has 0 heterocycles. The summed E-state index contributed by atoms with van der Waals surface area (Å²) in [7, 11) is -2.10. The molecule has 110 valence electrons. The van der Waals surface area contributed by atoms with E-state index in [2.05, 4.69) is 5.32 Å². The highest BCUT2D eigenvalue weighted by atomic mass is 28.4. The van der Waals surface area contributed by atoms with E-state index < -0.39 is 17.1 Å². The molecule has 0 amide bonds. The Labute approximate surface area is 111 Å². The van der Waals surface area contributed by atoms with Gasteiger partial charge in [0.2, 0.25) is 0 Å². The minimum Gasteiger partial charge on any atom is -0.411 e. The third-order valence-electron chi connectivity index (χ3n) is 2.90. The molecule has 0 spiro atoms. The van der Waals surface area contributed by atoms with E-state index in [0.717, 1.165) is 32.0 Å².